The molecule has 76 valence electrons. The molecule has 1 unspecified atom stereocenters. The van der Waals surface area contributed by atoms with E-state index in [1.807, 2.05) is 0 Å². The summed E-state index contributed by atoms with van der Waals surface area (Å²) in [7, 11) is 0. The van der Waals surface area contributed by atoms with Crippen molar-refractivity contribution < 1.29 is 0 Å². The molecule has 1 aliphatic heterocycles. The molecule has 1 atom stereocenters. The molecule has 0 fully saturated rings. The standard InChI is InChI=1S/C11H22N2/c1-5-11(4)8-12-6-7-13(9-12)10(2)3/h6-7,10-11H,5,8-9H2,1-4H3. The Bertz CT molecular complexity index is 175. The molecule has 13 heavy (non-hydrogen) atoms. The number of hydrogen-bond donors (Lipinski definition) is 0. The highest BCUT2D eigenvalue weighted by atomic mass is 15.3. The summed E-state index contributed by atoms with van der Waals surface area (Å²) in [6, 6.07) is 0.623. The molecule has 0 aromatic carbocycles. The topological polar surface area (TPSA) is 6.48 Å². The van der Waals surface area contributed by atoms with Crippen LogP contribution in [0.1, 0.15) is 34.1 Å². The van der Waals surface area contributed by atoms with Crippen LogP contribution in [0.3, 0.4) is 0 Å². The lowest BCUT2D eigenvalue weighted by Gasteiger charge is -2.25. The SMILES string of the molecule is CCC(C)CN1C=CN(C(C)C)C1. The van der Waals surface area contributed by atoms with E-state index in [4.69, 9.17) is 0 Å². The molecule has 0 amide bonds. The maximum absolute atomic E-state index is 2.40. The molecule has 0 spiro atoms. The van der Waals surface area contributed by atoms with Crippen LogP contribution < -0.4 is 0 Å². The van der Waals surface area contributed by atoms with Crippen LogP contribution in [-0.4, -0.2) is 29.1 Å². The summed E-state index contributed by atoms with van der Waals surface area (Å²) < 4.78 is 0. The van der Waals surface area contributed by atoms with Crippen LogP contribution in [0.2, 0.25) is 0 Å². The second-order valence-electron chi connectivity index (χ2n) is 4.33. The Hall–Kier alpha value is -0.660. The predicted octanol–water partition coefficient (Wildman–Crippen LogP) is 2.49. The Morgan fingerprint density at radius 1 is 1.23 bits per heavy atom. The summed E-state index contributed by atoms with van der Waals surface area (Å²) in [4.78, 5) is 4.76. The van der Waals surface area contributed by atoms with Crippen molar-refractivity contribution in [3.63, 3.8) is 0 Å². The van der Waals surface area contributed by atoms with Gasteiger partial charge in [0.2, 0.25) is 0 Å². The molecule has 0 aromatic rings. The zero-order valence-electron chi connectivity index (χ0n) is 9.33. The van der Waals surface area contributed by atoms with Crippen LogP contribution in [0, 0.1) is 5.92 Å². The van der Waals surface area contributed by atoms with E-state index in [9.17, 15) is 0 Å². The monoisotopic (exact) mass is 182 g/mol. The summed E-state index contributed by atoms with van der Waals surface area (Å²) in [6.07, 6.45) is 5.69. The van der Waals surface area contributed by atoms with E-state index in [2.05, 4.69) is 49.9 Å². The Morgan fingerprint density at radius 2 is 1.92 bits per heavy atom. The van der Waals surface area contributed by atoms with Gasteiger partial charge in [-0.15, -0.1) is 0 Å². The van der Waals surface area contributed by atoms with Crippen molar-refractivity contribution in [2.45, 2.75) is 40.2 Å². The Balaban J connectivity index is 2.30. The van der Waals surface area contributed by atoms with Crippen molar-refractivity contribution in [3.05, 3.63) is 12.4 Å². The molecular formula is C11H22N2. The van der Waals surface area contributed by atoms with E-state index >= 15 is 0 Å². The lowest BCUT2D eigenvalue weighted by Crippen LogP contribution is -2.32. The molecule has 0 N–H and O–H groups in total. The van der Waals surface area contributed by atoms with Gasteiger partial charge < -0.3 is 9.80 Å². The highest BCUT2D eigenvalue weighted by Crippen LogP contribution is 2.13. The van der Waals surface area contributed by atoms with Gasteiger partial charge in [-0.05, 0) is 19.8 Å². The first-order valence-electron chi connectivity index (χ1n) is 5.31. The molecular weight excluding hydrogens is 160 g/mol. The summed E-state index contributed by atoms with van der Waals surface area (Å²) in [6.45, 7) is 11.3. The second-order valence-corrected chi connectivity index (χ2v) is 4.33. The lowest BCUT2D eigenvalue weighted by molar-refractivity contribution is 0.212. The van der Waals surface area contributed by atoms with Gasteiger partial charge in [0.1, 0.15) is 0 Å². The van der Waals surface area contributed by atoms with Crippen LogP contribution in [0.4, 0.5) is 0 Å². The fraction of sp³-hybridized carbons (Fsp3) is 0.818. The summed E-state index contributed by atoms with van der Waals surface area (Å²) in [5.74, 6) is 0.803. The minimum absolute atomic E-state index is 0.623. The van der Waals surface area contributed by atoms with Gasteiger partial charge in [-0.2, -0.15) is 0 Å². The third-order valence-electron chi connectivity index (χ3n) is 2.72. The Labute approximate surface area is 82.2 Å². The minimum atomic E-state index is 0.623. The van der Waals surface area contributed by atoms with E-state index in [0.717, 1.165) is 12.6 Å². The number of hydrogen-bond acceptors (Lipinski definition) is 2. The highest BCUT2D eigenvalue weighted by molar-refractivity contribution is 4.92. The minimum Gasteiger partial charge on any atom is -0.358 e. The average Bonchev–Trinajstić information content (AvgIpc) is 2.52. The molecule has 0 radical (unpaired) electrons. The van der Waals surface area contributed by atoms with Crippen LogP contribution in [-0.2, 0) is 0 Å². The van der Waals surface area contributed by atoms with Gasteiger partial charge in [0, 0.05) is 25.0 Å². The first-order valence-corrected chi connectivity index (χ1v) is 5.31. The van der Waals surface area contributed by atoms with Gasteiger partial charge >= 0.3 is 0 Å². The van der Waals surface area contributed by atoms with Crippen molar-refractivity contribution >= 4 is 0 Å². The highest BCUT2D eigenvalue weighted by Gasteiger charge is 2.15. The third kappa shape index (κ3) is 2.94. The van der Waals surface area contributed by atoms with Crippen molar-refractivity contribution in [1.29, 1.82) is 0 Å². The molecule has 1 aliphatic rings. The van der Waals surface area contributed by atoms with Crippen LogP contribution >= 0.6 is 0 Å². The Kier molecular flexibility index (Phi) is 3.64. The zero-order chi connectivity index (χ0) is 9.84. The average molecular weight is 182 g/mol. The van der Waals surface area contributed by atoms with Gasteiger partial charge in [0.05, 0.1) is 6.67 Å². The first kappa shape index (κ1) is 10.4. The van der Waals surface area contributed by atoms with E-state index in [-0.39, 0.29) is 0 Å². The van der Waals surface area contributed by atoms with Gasteiger partial charge in [0.25, 0.3) is 0 Å². The number of nitrogens with zero attached hydrogens (tertiary/aromatic N) is 2. The van der Waals surface area contributed by atoms with Crippen LogP contribution in [0.15, 0.2) is 12.4 Å². The van der Waals surface area contributed by atoms with Crippen LogP contribution in [0.25, 0.3) is 0 Å². The van der Waals surface area contributed by atoms with Crippen LogP contribution in [0.5, 0.6) is 0 Å². The fourth-order valence-corrected chi connectivity index (χ4v) is 1.47. The normalized spacial score (nSPS) is 18.8. The molecule has 1 rings (SSSR count). The van der Waals surface area contributed by atoms with Crippen molar-refractivity contribution in [1.82, 2.24) is 9.80 Å². The molecule has 1 heterocycles. The van der Waals surface area contributed by atoms with Gasteiger partial charge in [-0.1, -0.05) is 20.3 Å². The predicted molar refractivity (Wildman–Crippen MR) is 57.1 cm³/mol. The summed E-state index contributed by atoms with van der Waals surface area (Å²) >= 11 is 0. The van der Waals surface area contributed by atoms with Crippen molar-refractivity contribution in [3.8, 4) is 0 Å². The molecule has 2 nitrogen and oxygen atoms in total. The van der Waals surface area contributed by atoms with E-state index in [0.29, 0.717) is 6.04 Å². The molecule has 0 bridgehead atoms. The third-order valence-corrected chi connectivity index (χ3v) is 2.72. The molecule has 0 saturated carbocycles. The lowest BCUT2D eigenvalue weighted by atomic mass is 10.1. The summed E-state index contributed by atoms with van der Waals surface area (Å²) in [5.41, 5.74) is 0. The van der Waals surface area contributed by atoms with Crippen molar-refractivity contribution in [2.24, 2.45) is 5.92 Å². The van der Waals surface area contributed by atoms with Gasteiger partial charge in [0.15, 0.2) is 0 Å². The van der Waals surface area contributed by atoms with Gasteiger partial charge in [-0.3, -0.25) is 0 Å². The number of rotatable bonds is 4. The maximum Gasteiger partial charge on any atom is 0.0896 e. The first-order chi connectivity index (χ1) is 6.13. The smallest absolute Gasteiger partial charge is 0.0896 e. The largest absolute Gasteiger partial charge is 0.358 e. The van der Waals surface area contributed by atoms with E-state index in [1.165, 1.54) is 13.0 Å². The summed E-state index contributed by atoms with van der Waals surface area (Å²) in [5, 5.41) is 0. The van der Waals surface area contributed by atoms with E-state index < -0.39 is 0 Å². The van der Waals surface area contributed by atoms with E-state index in [1.54, 1.807) is 0 Å². The second kappa shape index (κ2) is 4.54. The quantitative estimate of drug-likeness (QED) is 0.659. The molecule has 0 aliphatic carbocycles. The zero-order valence-corrected chi connectivity index (χ0v) is 9.33. The fourth-order valence-electron chi connectivity index (χ4n) is 1.47. The van der Waals surface area contributed by atoms with Gasteiger partial charge in [-0.25, -0.2) is 0 Å². The van der Waals surface area contributed by atoms with Crippen molar-refractivity contribution in [2.75, 3.05) is 13.2 Å². The molecule has 0 saturated heterocycles. The molecule has 2 heteroatoms. The molecule has 0 aromatic heterocycles. The Morgan fingerprint density at radius 3 is 2.38 bits per heavy atom. The maximum atomic E-state index is 2.40.